The Morgan fingerprint density at radius 1 is 1.13 bits per heavy atom. The summed E-state index contributed by atoms with van der Waals surface area (Å²) >= 11 is 11.6. The highest BCUT2D eigenvalue weighted by molar-refractivity contribution is 7.89. The number of hydrogen-bond donors (Lipinski definition) is 2. The van der Waals surface area contributed by atoms with Gasteiger partial charge in [-0.15, -0.1) is 0 Å². The van der Waals surface area contributed by atoms with Crippen molar-refractivity contribution < 1.29 is 26.4 Å². The zero-order valence-electron chi connectivity index (χ0n) is 15.3. The third kappa shape index (κ3) is 5.37. The molecular weight excluding hydrogens is 480 g/mol. The van der Waals surface area contributed by atoms with Gasteiger partial charge < -0.3 is 5.32 Å². The van der Waals surface area contributed by atoms with Gasteiger partial charge in [-0.05, 0) is 29.8 Å². The average Bonchev–Trinajstić information content (AvgIpc) is 3.05. The average molecular weight is 493 g/mol. The number of nitrogens with zero attached hydrogens (tertiary/aromatic N) is 2. The number of carbonyl (C=O) groups excluding carboxylic acids is 1. The number of nitrogens with one attached hydrogen (secondary N) is 1. The molecule has 3 N–H and O–H groups in total. The molecule has 0 atom stereocenters. The molecule has 13 heteroatoms. The molecule has 31 heavy (non-hydrogen) atoms. The number of halogens is 5. The second-order valence-corrected chi connectivity index (χ2v) is 8.66. The molecule has 0 spiro atoms. The number of nitrogens with two attached hydrogens (primary N) is 1. The molecule has 0 bridgehead atoms. The second kappa shape index (κ2) is 8.50. The number of carbonyl (C=O) groups is 1. The summed E-state index contributed by atoms with van der Waals surface area (Å²) in [5.41, 5.74) is -1.05. The summed E-state index contributed by atoms with van der Waals surface area (Å²) in [7, 11) is -4.40. The molecule has 0 aliphatic heterocycles. The van der Waals surface area contributed by atoms with Gasteiger partial charge in [0.25, 0.3) is 0 Å². The van der Waals surface area contributed by atoms with Crippen LogP contribution in [0.1, 0.15) is 11.3 Å². The van der Waals surface area contributed by atoms with Crippen molar-refractivity contribution in [1.82, 2.24) is 9.78 Å². The van der Waals surface area contributed by atoms with Crippen LogP contribution in [0.3, 0.4) is 0 Å². The van der Waals surface area contributed by atoms with Gasteiger partial charge in [-0.2, -0.15) is 18.3 Å². The highest BCUT2D eigenvalue weighted by Gasteiger charge is 2.37. The highest BCUT2D eigenvalue weighted by Crippen LogP contribution is 2.34. The van der Waals surface area contributed by atoms with Crippen LogP contribution in [-0.4, -0.2) is 24.1 Å². The second-order valence-electron chi connectivity index (χ2n) is 6.31. The summed E-state index contributed by atoms with van der Waals surface area (Å²) in [5, 5.41) is 10.7. The van der Waals surface area contributed by atoms with Crippen molar-refractivity contribution in [1.29, 1.82) is 0 Å². The van der Waals surface area contributed by atoms with Gasteiger partial charge >= 0.3 is 6.18 Å². The molecule has 3 rings (SSSR count). The third-order valence-corrected chi connectivity index (χ3v) is 5.63. The van der Waals surface area contributed by atoms with E-state index in [1.54, 1.807) is 24.3 Å². The molecule has 1 heterocycles. The van der Waals surface area contributed by atoms with Crippen molar-refractivity contribution in [2.45, 2.75) is 17.5 Å². The van der Waals surface area contributed by atoms with Crippen LogP contribution >= 0.6 is 23.2 Å². The molecule has 7 nitrogen and oxygen atoms in total. The van der Waals surface area contributed by atoms with Crippen LogP contribution in [0.2, 0.25) is 10.0 Å². The maximum absolute atomic E-state index is 13.0. The summed E-state index contributed by atoms with van der Waals surface area (Å²) in [5.74, 6) is -0.497. The Kier molecular flexibility index (Phi) is 6.33. The van der Waals surface area contributed by atoms with Gasteiger partial charge in [-0.25, -0.2) is 18.2 Å². The Hall–Kier alpha value is -2.60. The lowest BCUT2D eigenvalue weighted by molar-refractivity contribution is -0.141. The van der Waals surface area contributed by atoms with E-state index in [1.807, 2.05) is 0 Å². The summed E-state index contributed by atoms with van der Waals surface area (Å²) in [6.07, 6.45) is -4.11. The quantitative estimate of drug-likeness (QED) is 0.560. The number of primary sulfonamides is 1. The van der Waals surface area contributed by atoms with Gasteiger partial charge in [0, 0.05) is 10.7 Å². The molecule has 0 saturated carbocycles. The Bertz CT molecular complexity index is 1260. The van der Waals surface area contributed by atoms with Crippen LogP contribution in [-0.2, 0) is 27.4 Å². The number of aromatic nitrogens is 2. The monoisotopic (exact) mass is 492 g/mol. The van der Waals surface area contributed by atoms with Gasteiger partial charge in [-0.1, -0.05) is 41.4 Å². The van der Waals surface area contributed by atoms with Crippen molar-refractivity contribution >= 4 is 44.8 Å². The summed E-state index contributed by atoms with van der Waals surface area (Å²) in [6, 6.07) is 10.1. The SMILES string of the molecule is NS(=O)(=O)c1cc(NC(=O)Cc2ccccc2Cl)ccc1-n1cc(Cl)c(C(F)(F)F)n1. The predicted octanol–water partition coefficient (Wildman–Crippen LogP) is 4.03. The Morgan fingerprint density at radius 2 is 1.81 bits per heavy atom. The van der Waals surface area contributed by atoms with Crippen LogP contribution < -0.4 is 10.5 Å². The zero-order valence-corrected chi connectivity index (χ0v) is 17.6. The van der Waals surface area contributed by atoms with E-state index in [1.165, 1.54) is 6.07 Å². The lowest BCUT2D eigenvalue weighted by Crippen LogP contribution is -2.18. The summed E-state index contributed by atoms with van der Waals surface area (Å²) < 4.78 is 63.6. The maximum atomic E-state index is 13.0. The standard InChI is InChI=1S/C18H13Cl2F3N4O3S/c19-12-4-2-1-3-10(12)7-16(28)25-11-5-6-14(15(8-11)31(24,29)30)27-9-13(20)17(26-27)18(21,22)23/h1-6,8-9H,7H2,(H,25,28)(H2,24,29,30). The van der Waals surface area contributed by atoms with E-state index in [0.29, 0.717) is 15.3 Å². The van der Waals surface area contributed by atoms with E-state index in [-0.39, 0.29) is 17.8 Å². The van der Waals surface area contributed by atoms with Gasteiger partial charge in [0.05, 0.1) is 23.3 Å². The number of benzene rings is 2. The zero-order chi connectivity index (χ0) is 23.0. The topological polar surface area (TPSA) is 107 Å². The molecule has 0 aliphatic rings. The number of sulfonamides is 1. The molecule has 0 aliphatic carbocycles. The van der Waals surface area contributed by atoms with E-state index in [2.05, 4.69) is 10.4 Å². The minimum Gasteiger partial charge on any atom is -0.326 e. The smallest absolute Gasteiger partial charge is 0.326 e. The molecule has 164 valence electrons. The molecule has 0 unspecified atom stereocenters. The molecule has 0 saturated heterocycles. The van der Waals surface area contributed by atoms with Crippen molar-refractivity contribution in [2.75, 3.05) is 5.32 Å². The molecule has 1 aromatic heterocycles. The Labute approximate surface area is 184 Å². The number of hydrogen-bond acceptors (Lipinski definition) is 4. The number of rotatable bonds is 5. The fraction of sp³-hybridized carbons (Fsp3) is 0.111. The maximum Gasteiger partial charge on any atom is 0.436 e. The van der Waals surface area contributed by atoms with Crippen LogP contribution in [0, 0.1) is 0 Å². The number of amides is 1. The van der Waals surface area contributed by atoms with Crippen LogP contribution in [0.4, 0.5) is 18.9 Å². The van der Waals surface area contributed by atoms with Crippen molar-refractivity contribution in [3.63, 3.8) is 0 Å². The van der Waals surface area contributed by atoms with Crippen LogP contribution in [0.5, 0.6) is 0 Å². The normalized spacial score (nSPS) is 12.1. The van der Waals surface area contributed by atoms with Crippen LogP contribution in [0.15, 0.2) is 53.6 Å². The molecule has 1 amide bonds. The lowest BCUT2D eigenvalue weighted by atomic mass is 10.1. The fourth-order valence-electron chi connectivity index (χ4n) is 2.70. The van der Waals surface area contributed by atoms with Crippen LogP contribution in [0.25, 0.3) is 5.69 Å². The Balaban J connectivity index is 1.95. The molecule has 2 aromatic carbocycles. The van der Waals surface area contributed by atoms with Crippen molar-refractivity contribution in [3.8, 4) is 5.69 Å². The molecule has 3 aromatic rings. The highest BCUT2D eigenvalue weighted by atomic mass is 35.5. The fourth-order valence-corrected chi connectivity index (χ4v) is 3.88. The van der Waals surface area contributed by atoms with E-state index in [4.69, 9.17) is 28.3 Å². The molecule has 0 fully saturated rings. The minimum absolute atomic E-state index is 0.0547. The Morgan fingerprint density at radius 3 is 2.39 bits per heavy atom. The van der Waals surface area contributed by atoms with Gasteiger partial charge in [0.2, 0.25) is 15.9 Å². The number of alkyl halides is 3. The molecular formula is C18H13Cl2F3N4O3S. The van der Waals surface area contributed by atoms with E-state index in [0.717, 1.165) is 18.3 Å². The summed E-state index contributed by atoms with van der Waals surface area (Å²) in [4.78, 5) is 11.7. The minimum atomic E-state index is -4.84. The third-order valence-electron chi connectivity index (χ3n) is 4.04. The van der Waals surface area contributed by atoms with Crippen molar-refractivity contribution in [3.05, 3.63) is 70.0 Å². The molecule has 0 radical (unpaired) electrons. The largest absolute Gasteiger partial charge is 0.436 e. The van der Waals surface area contributed by atoms with E-state index in [9.17, 15) is 26.4 Å². The van der Waals surface area contributed by atoms with E-state index >= 15 is 0 Å². The predicted molar refractivity (Wildman–Crippen MR) is 109 cm³/mol. The van der Waals surface area contributed by atoms with Gasteiger partial charge in [0.1, 0.15) is 4.90 Å². The first-order valence-corrected chi connectivity index (χ1v) is 10.7. The summed E-state index contributed by atoms with van der Waals surface area (Å²) in [6.45, 7) is 0. The van der Waals surface area contributed by atoms with E-state index < -0.39 is 37.7 Å². The van der Waals surface area contributed by atoms with Gasteiger partial charge in [0.15, 0.2) is 5.69 Å². The first-order valence-electron chi connectivity index (χ1n) is 8.39. The number of anilines is 1. The lowest BCUT2D eigenvalue weighted by Gasteiger charge is -2.12. The van der Waals surface area contributed by atoms with Gasteiger partial charge in [-0.3, -0.25) is 4.79 Å². The van der Waals surface area contributed by atoms with Crippen molar-refractivity contribution in [2.24, 2.45) is 5.14 Å². The first kappa shape index (κ1) is 23.1. The first-order chi connectivity index (χ1) is 14.4.